The predicted octanol–water partition coefficient (Wildman–Crippen LogP) is 2.45. The van der Waals surface area contributed by atoms with Gasteiger partial charge in [-0.1, -0.05) is 23.7 Å². The number of benzene rings is 2. The third-order valence-electron chi connectivity index (χ3n) is 3.46. The number of rotatable bonds is 7. The van der Waals surface area contributed by atoms with Crippen LogP contribution in [0.3, 0.4) is 0 Å². The summed E-state index contributed by atoms with van der Waals surface area (Å²) >= 11 is 5.79. The number of nitrogens with two attached hydrogens (primary N) is 1. The minimum Gasteiger partial charge on any atom is -0.497 e. The Bertz CT molecular complexity index is 747. The van der Waals surface area contributed by atoms with Crippen molar-refractivity contribution in [3.63, 3.8) is 0 Å². The van der Waals surface area contributed by atoms with E-state index in [0.717, 1.165) is 11.3 Å². The van der Waals surface area contributed by atoms with Gasteiger partial charge < -0.3 is 20.5 Å². The molecule has 0 bridgehead atoms. The number of nitrogen functional groups attached to an aromatic ring is 1. The van der Waals surface area contributed by atoms with Crippen molar-refractivity contribution in [1.29, 1.82) is 0 Å². The zero-order valence-electron chi connectivity index (χ0n) is 13.8. The van der Waals surface area contributed by atoms with Crippen LogP contribution >= 0.6 is 11.6 Å². The number of ether oxygens (including phenoxy) is 2. The van der Waals surface area contributed by atoms with Crippen LogP contribution in [0.25, 0.3) is 0 Å². The first-order chi connectivity index (χ1) is 12.0. The highest BCUT2D eigenvalue weighted by molar-refractivity contribution is 6.33. The number of carbonyl (C=O) groups excluding carboxylic acids is 2. The lowest BCUT2D eigenvalue weighted by Gasteiger charge is -2.08. The number of hydrogen-bond acceptors (Lipinski definition) is 5. The number of anilines is 1. The highest BCUT2D eigenvalue weighted by Crippen LogP contribution is 2.19. The van der Waals surface area contributed by atoms with Crippen molar-refractivity contribution in [2.24, 2.45) is 0 Å². The van der Waals surface area contributed by atoms with Gasteiger partial charge in [0.05, 0.1) is 23.4 Å². The maximum atomic E-state index is 11.9. The molecule has 0 saturated carbocycles. The number of amides is 1. The Hall–Kier alpha value is -2.73. The van der Waals surface area contributed by atoms with Gasteiger partial charge in [0.1, 0.15) is 5.75 Å². The minimum absolute atomic E-state index is 0.243. The van der Waals surface area contributed by atoms with Crippen LogP contribution in [0.4, 0.5) is 5.69 Å². The lowest BCUT2D eigenvalue weighted by molar-refractivity contribution is -0.124. The molecule has 0 atom stereocenters. The van der Waals surface area contributed by atoms with E-state index in [1.54, 1.807) is 7.11 Å². The molecule has 3 N–H and O–H groups in total. The Morgan fingerprint density at radius 2 is 1.88 bits per heavy atom. The van der Waals surface area contributed by atoms with Crippen LogP contribution in [0.1, 0.15) is 15.9 Å². The Morgan fingerprint density at radius 3 is 2.52 bits per heavy atom. The molecule has 0 saturated heterocycles. The molecule has 0 heterocycles. The van der Waals surface area contributed by atoms with Gasteiger partial charge >= 0.3 is 5.97 Å². The Labute approximate surface area is 150 Å². The molecule has 0 aromatic heterocycles. The molecule has 0 aliphatic rings. The van der Waals surface area contributed by atoms with Crippen LogP contribution in [-0.4, -0.2) is 32.1 Å². The van der Waals surface area contributed by atoms with E-state index in [2.05, 4.69) is 5.32 Å². The van der Waals surface area contributed by atoms with E-state index in [1.807, 2.05) is 24.3 Å². The molecular formula is C18H19ClN2O4. The monoisotopic (exact) mass is 362 g/mol. The second-order valence-electron chi connectivity index (χ2n) is 5.26. The van der Waals surface area contributed by atoms with Crippen molar-refractivity contribution in [3.8, 4) is 5.75 Å². The summed E-state index contributed by atoms with van der Waals surface area (Å²) in [4.78, 5) is 23.6. The summed E-state index contributed by atoms with van der Waals surface area (Å²) in [5.74, 6) is -0.222. The summed E-state index contributed by atoms with van der Waals surface area (Å²) in [6, 6.07) is 12.0. The van der Waals surface area contributed by atoms with Gasteiger partial charge in [0.25, 0.3) is 5.91 Å². The SMILES string of the molecule is COc1ccc(CCNC(=O)COC(=O)c2ccc(Cl)c(N)c2)cc1. The Balaban J connectivity index is 1.72. The molecule has 0 aliphatic heterocycles. The van der Waals surface area contributed by atoms with Crippen molar-refractivity contribution in [3.05, 3.63) is 58.6 Å². The zero-order valence-corrected chi connectivity index (χ0v) is 14.5. The predicted molar refractivity (Wildman–Crippen MR) is 95.9 cm³/mol. The number of esters is 1. The van der Waals surface area contributed by atoms with Gasteiger partial charge in [-0.2, -0.15) is 0 Å². The van der Waals surface area contributed by atoms with Crippen LogP contribution in [-0.2, 0) is 16.0 Å². The van der Waals surface area contributed by atoms with E-state index in [9.17, 15) is 9.59 Å². The summed E-state index contributed by atoms with van der Waals surface area (Å²) in [5.41, 5.74) is 7.21. The van der Waals surface area contributed by atoms with E-state index in [-0.39, 0.29) is 23.8 Å². The van der Waals surface area contributed by atoms with Gasteiger partial charge in [0.2, 0.25) is 0 Å². The first-order valence-corrected chi connectivity index (χ1v) is 7.99. The van der Waals surface area contributed by atoms with Crippen molar-refractivity contribution in [1.82, 2.24) is 5.32 Å². The van der Waals surface area contributed by atoms with Crippen LogP contribution in [0, 0.1) is 0 Å². The number of nitrogens with one attached hydrogen (secondary N) is 1. The van der Waals surface area contributed by atoms with Crippen molar-refractivity contribution >= 4 is 29.2 Å². The molecule has 1 amide bonds. The van der Waals surface area contributed by atoms with E-state index in [0.29, 0.717) is 18.0 Å². The fraction of sp³-hybridized carbons (Fsp3) is 0.222. The number of halogens is 1. The van der Waals surface area contributed by atoms with Gasteiger partial charge in [-0.3, -0.25) is 4.79 Å². The molecular weight excluding hydrogens is 344 g/mol. The third kappa shape index (κ3) is 5.69. The van der Waals surface area contributed by atoms with Crippen LogP contribution in [0.2, 0.25) is 5.02 Å². The number of methoxy groups -OCH3 is 1. The molecule has 6 nitrogen and oxygen atoms in total. The van der Waals surface area contributed by atoms with Crippen molar-refractivity contribution in [2.45, 2.75) is 6.42 Å². The first kappa shape index (κ1) is 18.6. The summed E-state index contributed by atoms with van der Waals surface area (Å²) in [5, 5.41) is 3.05. The fourth-order valence-corrected chi connectivity index (χ4v) is 2.19. The largest absolute Gasteiger partial charge is 0.497 e. The normalized spacial score (nSPS) is 10.2. The van der Waals surface area contributed by atoms with Gasteiger partial charge in [-0.05, 0) is 42.3 Å². The molecule has 0 aliphatic carbocycles. The molecule has 25 heavy (non-hydrogen) atoms. The molecule has 132 valence electrons. The highest BCUT2D eigenvalue weighted by Gasteiger charge is 2.11. The second-order valence-corrected chi connectivity index (χ2v) is 5.67. The van der Waals surface area contributed by atoms with E-state index < -0.39 is 5.97 Å². The lowest BCUT2D eigenvalue weighted by atomic mass is 10.1. The molecule has 0 fully saturated rings. The molecule has 2 aromatic rings. The maximum Gasteiger partial charge on any atom is 0.338 e. The van der Waals surface area contributed by atoms with Crippen molar-refractivity contribution < 1.29 is 19.1 Å². The summed E-state index contributed by atoms with van der Waals surface area (Å²) in [6.07, 6.45) is 0.664. The Morgan fingerprint density at radius 1 is 1.16 bits per heavy atom. The quantitative estimate of drug-likeness (QED) is 0.583. The number of carbonyl (C=O) groups is 2. The van der Waals surface area contributed by atoms with E-state index >= 15 is 0 Å². The molecule has 2 rings (SSSR count). The maximum absolute atomic E-state index is 11.9. The molecule has 7 heteroatoms. The highest BCUT2D eigenvalue weighted by atomic mass is 35.5. The zero-order chi connectivity index (χ0) is 18.2. The van der Waals surface area contributed by atoms with Gasteiger partial charge in [0.15, 0.2) is 6.61 Å². The lowest BCUT2D eigenvalue weighted by Crippen LogP contribution is -2.30. The standard InChI is InChI=1S/C18H19ClN2O4/c1-24-14-5-2-12(3-6-14)8-9-21-17(22)11-25-18(23)13-4-7-15(19)16(20)10-13/h2-7,10H,8-9,11,20H2,1H3,(H,21,22). The smallest absolute Gasteiger partial charge is 0.338 e. The molecule has 0 unspecified atom stereocenters. The molecule has 0 radical (unpaired) electrons. The first-order valence-electron chi connectivity index (χ1n) is 7.61. The van der Waals surface area contributed by atoms with Gasteiger partial charge in [0, 0.05) is 6.54 Å². The van der Waals surface area contributed by atoms with Gasteiger partial charge in [-0.25, -0.2) is 4.79 Å². The second kappa shape index (κ2) is 8.94. The van der Waals surface area contributed by atoms with Crippen LogP contribution in [0.15, 0.2) is 42.5 Å². The minimum atomic E-state index is -0.631. The van der Waals surface area contributed by atoms with Gasteiger partial charge in [-0.15, -0.1) is 0 Å². The van der Waals surface area contributed by atoms with E-state index in [1.165, 1.54) is 18.2 Å². The average Bonchev–Trinajstić information content (AvgIpc) is 2.62. The van der Waals surface area contributed by atoms with Crippen molar-refractivity contribution in [2.75, 3.05) is 26.0 Å². The summed E-state index contributed by atoms with van der Waals surface area (Å²) in [6.45, 7) is 0.0839. The Kier molecular flexibility index (Phi) is 6.65. The van der Waals surface area contributed by atoms with Crippen LogP contribution in [0.5, 0.6) is 5.75 Å². The summed E-state index contributed by atoms with van der Waals surface area (Å²) < 4.78 is 10.0. The summed E-state index contributed by atoms with van der Waals surface area (Å²) in [7, 11) is 1.61. The molecule has 2 aromatic carbocycles. The number of hydrogen-bond donors (Lipinski definition) is 2. The fourth-order valence-electron chi connectivity index (χ4n) is 2.07. The van der Waals surface area contributed by atoms with E-state index in [4.69, 9.17) is 26.8 Å². The van der Waals surface area contributed by atoms with Crippen LogP contribution < -0.4 is 15.8 Å². The average molecular weight is 363 g/mol. The topological polar surface area (TPSA) is 90.6 Å². The molecule has 0 spiro atoms. The third-order valence-corrected chi connectivity index (χ3v) is 3.81.